The molecule has 0 fully saturated rings. The summed E-state index contributed by atoms with van der Waals surface area (Å²) in [6.07, 6.45) is -6.37. The van der Waals surface area contributed by atoms with E-state index in [2.05, 4.69) is 35.1 Å². The van der Waals surface area contributed by atoms with Crippen LogP contribution < -0.4 is 20.1 Å². The van der Waals surface area contributed by atoms with E-state index in [4.69, 9.17) is 5.11 Å². The van der Waals surface area contributed by atoms with E-state index in [0.29, 0.717) is 35.3 Å². The number of anilines is 2. The first-order valence-corrected chi connectivity index (χ1v) is 12.8. The summed E-state index contributed by atoms with van der Waals surface area (Å²) in [6.45, 7) is 0.310. The Hall–Kier alpha value is -5.18. The van der Waals surface area contributed by atoms with E-state index < -0.39 is 24.2 Å². The summed E-state index contributed by atoms with van der Waals surface area (Å²) in [5, 5.41) is 14.4. The molecule has 0 saturated carbocycles. The fourth-order valence-corrected chi connectivity index (χ4v) is 3.63. The minimum Gasteiger partial charge on any atom is -0.406 e. The first-order chi connectivity index (χ1) is 20.9. The number of aliphatic hydroxyl groups is 1. The minimum absolute atomic E-state index is 0.0304. The number of hydrogen-bond acceptors (Lipinski definition) is 8. The molecule has 0 aliphatic carbocycles. The van der Waals surface area contributed by atoms with Gasteiger partial charge >= 0.3 is 12.7 Å². The summed E-state index contributed by atoms with van der Waals surface area (Å²) in [4.78, 5) is 24.9. The van der Waals surface area contributed by atoms with Crippen molar-refractivity contribution in [2.24, 2.45) is 0 Å². The highest BCUT2D eigenvalue weighted by molar-refractivity contribution is 5.91. The van der Waals surface area contributed by atoms with Crippen LogP contribution in [0.1, 0.15) is 12.0 Å². The average molecular weight is 620 g/mol. The molecular weight excluding hydrogens is 596 g/mol. The predicted molar refractivity (Wildman–Crippen MR) is 148 cm³/mol. The first kappa shape index (κ1) is 31.7. The number of halogens is 6. The fraction of sp³-hybridized carbons (Fsp3) is 0.172. The quantitative estimate of drug-likeness (QED) is 0.102. The molecule has 1 amide bonds. The van der Waals surface area contributed by atoms with E-state index >= 15 is 0 Å². The lowest BCUT2D eigenvalue weighted by molar-refractivity contribution is -0.275. The summed E-state index contributed by atoms with van der Waals surface area (Å²) in [5.41, 5.74) is 1.84. The van der Waals surface area contributed by atoms with Gasteiger partial charge in [0, 0.05) is 36.0 Å². The molecule has 0 aliphatic rings. The lowest BCUT2D eigenvalue weighted by Crippen LogP contribution is -2.22. The van der Waals surface area contributed by atoms with E-state index in [0.717, 1.165) is 24.3 Å². The number of ether oxygens (including phenoxy) is 2. The molecule has 1 aromatic heterocycles. The molecule has 4 aromatic rings. The number of nitrogens with one attached hydrogen (secondary N) is 2. The van der Waals surface area contributed by atoms with Gasteiger partial charge in [-0.3, -0.25) is 4.79 Å². The zero-order chi connectivity index (χ0) is 31.7. The summed E-state index contributed by atoms with van der Waals surface area (Å²) < 4.78 is 83.3. The molecule has 0 atom stereocenters. The molecule has 3 aromatic carbocycles. The summed E-state index contributed by atoms with van der Waals surface area (Å²) in [7, 11) is 0. The van der Waals surface area contributed by atoms with E-state index in [-0.39, 0.29) is 30.1 Å². The Bertz CT molecular complexity index is 1500. The molecule has 0 unspecified atom stereocenters. The second-order valence-corrected chi connectivity index (χ2v) is 8.90. The standard InChI is InChI=1S/C29H23F6N5O4/c30-28(31,32)43-22-11-5-19(6-12-22)25-38-26(20-7-13-23(14-8-20)44-29(33,34)35)40-27(39-25)37-21-9-2-18(3-10-21)4-15-24(42)36-16-1-17-41/h2-15,41H,1,16-17H2,(H,36,42)(H,37,38,39,40)/b15-4+. The fourth-order valence-electron chi connectivity index (χ4n) is 3.63. The molecular formula is C29H23F6N5O4. The summed E-state index contributed by atoms with van der Waals surface area (Å²) >= 11 is 0. The number of aliphatic hydroxyl groups excluding tert-OH is 1. The van der Waals surface area contributed by atoms with Crippen molar-refractivity contribution in [3.63, 3.8) is 0 Å². The maximum absolute atomic E-state index is 12.6. The number of benzene rings is 3. The number of carbonyl (C=O) groups excluding carboxylic acids is 1. The second-order valence-electron chi connectivity index (χ2n) is 8.90. The molecule has 4 rings (SSSR count). The van der Waals surface area contributed by atoms with Crippen molar-refractivity contribution in [3.8, 4) is 34.3 Å². The van der Waals surface area contributed by atoms with Crippen LogP contribution in [0.15, 0.2) is 78.9 Å². The third kappa shape index (κ3) is 9.97. The van der Waals surface area contributed by atoms with Crippen LogP contribution >= 0.6 is 0 Å². The molecule has 1 heterocycles. The average Bonchev–Trinajstić information content (AvgIpc) is 2.96. The number of rotatable bonds is 11. The van der Waals surface area contributed by atoms with Crippen molar-refractivity contribution in [3.05, 3.63) is 84.4 Å². The Morgan fingerprint density at radius 1 is 0.750 bits per heavy atom. The van der Waals surface area contributed by atoms with Crippen molar-refractivity contribution < 1.29 is 45.7 Å². The highest BCUT2D eigenvalue weighted by atomic mass is 19.4. The highest BCUT2D eigenvalue weighted by Crippen LogP contribution is 2.29. The number of carbonyl (C=O) groups is 1. The van der Waals surface area contributed by atoms with Gasteiger partial charge in [-0.2, -0.15) is 9.97 Å². The van der Waals surface area contributed by atoms with Gasteiger partial charge in [0.2, 0.25) is 11.9 Å². The third-order valence-corrected chi connectivity index (χ3v) is 5.56. The topological polar surface area (TPSA) is 118 Å². The second kappa shape index (κ2) is 13.9. The van der Waals surface area contributed by atoms with Crippen LogP contribution in [-0.4, -0.2) is 51.8 Å². The summed E-state index contributed by atoms with van der Waals surface area (Å²) in [6, 6.07) is 16.4. The monoisotopic (exact) mass is 619 g/mol. The lowest BCUT2D eigenvalue weighted by atomic mass is 10.1. The Labute approximate surface area is 246 Å². The SMILES string of the molecule is O=C(/C=C/c1ccc(Nc2nc(-c3ccc(OC(F)(F)F)cc3)nc(-c3ccc(OC(F)(F)F)cc3)n2)cc1)NCCCO. The molecule has 0 radical (unpaired) electrons. The number of alkyl halides is 6. The van der Waals surface area contributed by atoms with Gasteiger partial charge in [0.25, 0.3) is 0 Å². The van der Waals surface area contributed by atoms with E-state index in [9.17, 15) is 31.1 Å². The molecule has 0 bridgehead atoms. The van der Waals surface area contributed by atoms with Crippen LogP contribution in [0.5, 0.6) is 11.5 Å². The number of hydrogen-bond donors (Lipinski definition) is 3. The molecule has 0 spiro atoms. The zero-order valence-corrected chi connectivity index (χ0v) is 22.5. The van der Waals surface area contributed by atoms with Crippen molar-refractivity contribution in [2.45, 2.75) is 19.1 Å². The van der Waals surface area contributed by atoms with Crippen LogP contribution in [0.4, 0.5) is 38.0 Å². The summed E-state index contributed by atoms with van der Waals surface area (Å²) in [5.74, 6) is -1.08. The maximum Gasteiger partial charge on any atom is 0.573 e. The Balaban J connectivity index is 1.60. The van der Waals surface area contributed by atoms with E-state index in [1.807, 2.05) is 0 Å². The van der Waals surface area contributed by atoms with Crippen molar-refractivity contribution >= 4 is 23.6 Å². The lowest BCUT2D eigenvalue weighted by Gasteiger charge is -2.12. The normalized spacial score (nSPS) is 11.8. The van der Waals surface area contributed by atoms with Gasteiger partial charge in [0.05, 0.1) is 0 Å². The zero-order valence-electron chi connectivity index (χ0n) is 22.5. The first-order valence-electron chi connectivity index (χ1n) is 12.8. The van der Waals surface area contributed by atoms with Crippen LogP contribution in [-0.2, 0) is 4.79 Å². The van der Waals surface area contributed by atoms with Crippen molar-refractivity contribution in [2.75, 3.05) is 18.5 Å². The number of amides is 1. The molecule has 0 aliphatic heterocycles. The van der Waals surface area contributed by atoms with Crippen LogP contribution in [0, 0.1) is 0 Å². The highest BCUT2D eigenvalue weighted by Gasteiger charge is 2.31. The smallest absolute Gasteiger partial charge is 0.406 e. The number of nitrogens with zero attached hydrogens (tertiary/aromatic N) is 3. The Morgan fingerprint density at radius 2 is 1.25 bits per heavy atom. The maximum atomic E-state index is 12.6. The molecule has 0 saturated heterocycles. The van der Waals surface area contributed by atoms with Crippen molar-refractivity contribution in [1.82, 2.24) is 20.3 Å². The third-order valence-electron chi connectivity index (χ3n) is 5.56. The van der Waals surface area contributed by atoms with E-state index in [1.165, 1.54) is 30.3 Å². The molecule has 230 valence electrons. The largest absolute Gasteiger partial charge is 0.573 e. The molecule has 3 N–H and O–H groups in total. The van der Waals surface area contributed by atoms with Crippen LogP contribution in [0.25, 0.3) is 28.9 Å². The molecule has 44 heavy (non-hydrogen) atoms. The van der Waals surface area contributed by atoms with Gasteiger partial charge < -0.3 is 25.2 Å². The van der Waals surface area contributed by atoms with Crippen molar-refractivity contribution in [1.29, 1.82) is 0 Å². The Kier molecular flexibility index (Phi) is 10.0. The molecule has 15 heteroatoms. The minimum atomic E-state index is -4.88. The van der Waals surface area contributed by atoms with Gasteiger partial charge in [0.15, 0.2) is 11.6 Å². The van der Waals surface area contributed by atoms with E-state index in [1.54, 1.807) is 30.3 Å². The predicted octanol–water partition coefficient (Wildman–Crippen LogP) is 6.26. The van der Waals surface area contributed by atoms with Gasteiger partial charge in [0.1, 0.15) is 11.5 Å². The van der Waals surface area contributed by atoms with Gasteiger partial charge in [-0.05, 0) is 78.7 Å². The molecule has 9 nitrogen and oxygen atoms in total. The Morgan fingerprint density at radius 3 is 1.70 bits per heavy atom. The van der Waals surface area contributed by atoms with Gasteiger partial charge in [-0.1, -0.05) is 12.1 Å². The van der Waals surface area contributed by atoms with Gasteiger partial charge in [-0.15, -0.1) is 26.3 Å². The number of aromatic nitrogens is 3. The van der Waals surface area contributed by atoms with Gasteiger partial charge in [-0.25, -0.2) is 4.98 Å². The van der Waals surface area contributed by atoms with Crippen LogP contribution in [0.3, 0.4) is 0 Å². The van der Waals surface area contributed by atoms with Crippen LogP contribution in [0.2, 0.25) is 0 Å².